The van der Waals surface area contributed by atoms with Gasteiger partial charge in [0, 0.05) is 29.3 Å². The molecule has 0 saturated heterocycles. The Hall–Kier alpha value is -1.65. The molecular formula is C17H17ClN2OS. The fraction of sp³-hybridized carbons (Fsp3) is 0.235. The minimum absolute atomic E-state index is 0.137. The van der Waals surface area contributed by atoms with Crippen molar-refractivity contribution in [3.05, 3.63) is 53.1 Å². The van der Waals surface area contributed by atoms with Crippen LogP contribution in [0.4, 0.5) is 11.4 Å². The van der Waals surface area contributed by atoms with Gasteiger partial charge in [-0.15, -0.1) is 11.8 Å². The number of fused-ring (bicyclic) bond motifs is 1. The molecule has 1 N–H and O–H groups in total. The number of thioether (sulfide) groups is 1. The van der Waals surface area contributed by atoms with Crippen molar-refractivity contribution in [3.63, 3.8) is 0 Å². The van der Waals surface area contributed by atoms with Gasteiger partial charge in [-0.05, 0) is 37.3 Å². The molecule has 0 aliphatic carbocycles. The lowest BCUT2D eigenvalue weighted by molar-refractivity contribution is 0.102. The highest BCUT2D eigenvalue weighted by Crippen LogP contribution is 2.35. The van der Waals surface area contributed by atoms with Crippen molar-refractivity contribution in [2.24, 2.45) is 0 Å². The fourth-order valence-corrected chi connectivity index (χ4v) is 3.71. The number of rotatable bonds is 3. The summed E-state index contributed by atoms with van der Waals surface area (Å²) >= 11 is 7.93. The third kappa shape index (κ3) is 3.08. The molecule has 1 amide bonds. The van der Waals surface area contributed by atoms with Gasteiger partial charge < -0.3 is 10.2 Å². The zero-order valence-electron chi connectivity index (χ0n) is 12.3. The summed E-state index contributed by atoms with van der Waals surface area (Å²) in [6, 6.07) is 13.1. The molecule has 3 nitrogen and oxygen atoms in total. The largest absolute Gasteiger partial charge is 0.370 e. The van der Waals surface area contributed by atoms with E-state index in [2.05, 4.69) is 17.1 Å². The molecule has 1 aliphatic rings. The first kappa shape index (κ1) is 15.3. The Kier molecular flexibility index (Phi) is 4.60. The van der Waals surface area contributed by atoms with Gasteiger partial charge in [0.05, 0.1) is 16.4 Å². The van der Waals surface area contributed by atoms with Crippen molar-refractivity contribution < 1.29 is 4.79 Å². The average molecular weight is 333 g/mol. The molecule has 0 spiro atoms. The van der Waals surface area contributed by atoms with Crippen LogP contribution < -0.4 is 10.2 Å². The molecule has 0 aromatic heterocycles. The number of halogens is 1. The summed E-state index contributed by atoms with van der Waals surface area (Å²) in [4.78, 5) is 16.0. The molecule has 3 rings (SSSR count). The number of anilines is 2. The minimum atomic E-state index is -0.137. The van der Waals surface area contributed by atoms with Crippen LogP contribution in [0.25, 0.3) is 0 Å². The van der Waals surface area contributed by atoms with E-state index in [9.17, 15) is 4.79 Å². The van der Waals surface area contributed by atoms with Crippen LogP contribution in [0, 0.1) is 0 Å². The van der Waals surface area contributed by atoms with E-state index in [4.69, 9.17) is 11.6 Å². The number of nitrogens with one attached hydrogen (secondary N) is 1. The summed E-state index contributed by atoms with van der Waals surface area (Å²) in [6.45, 7) is 4.10. The number of benzene rings is 2. The van der Waals surface area contributed by atoms with Crippen molar-refractivity contribution in [1.82, 2.24) is 0 Å². The van der Waals surface area contributed by atoms with Gasteiger partial charge >= 0.3 is 0 Å². The Morgan fingerprint density at radius 1 is 1.32 bits per heavy atom. The van der Waals surface area contributed by atoms with Crippen LogP contribution in [0.1, 0.15) is 17.3 Å². The molecule has 1 heterocycles. The smallest absolute Gasteiger partial charge is 0.255 e. The van der Waals surface area contributed by atoms with Gasteiger partial charge in [0.25, 0.3) is 5.91 Å². The monoisotopic (exact) mass is 332 g/mol. The minimum Gasteiger partial charge on any atom is -0.370 e. The number of hydrogen-bond acceptors (Lipinski definition) is 3. The van der Waals surface area contributed by atoms with Crippen molar-refractivity contribution in [2.45, 2.75) is 11.8 Å². The summed E-state index contributed by atoms with van der Waals surface area (Å²) in [7, 11) is 0. The highest BCUT2D eigenvalue weighted by molar-refractivity contribution is 7.99. The van der Waals surface area contributed by atoms with Gasteiger partial charge in [0.2, 0.25) is 0 Å². The van der Waals surface area contributed by atoms with Gasteiger partial charge in [-0.1, -0.05) is 23.7 Å². The topological polar surface area (TPSA) is 32.3 Å². The summed E-state index contributed by atoms with van der Waals surface area (Å²) < 4.78 is 0. The first-order valence-corrected chi connectivity index (χ1v) is 8.63. The van der Waals surface area contributed by atoms with Gasteiger partial charge in [-0.25, -0.2) is 0 Å². The Morgan fingerprint density at radius 3 is 2.91 bits per heavy atom. The highest BCUT2D eigenvalue weighted by atomic mass is 35.5. The highest BCUT2D eigenvalue weighted by Gasteiger charge is 2.18. The summed E-state index contributed by atoms with van der Waals surface area (Å²) in [6.07, 6.45) is 0. The van der Waals surface area contributed by atoms with Gasteiger partial charge in [0.1, 0.15) is 0 Å². The third-order valence-electron chi connectivity index (χ3n) is 3.68. The first-order chi connectivity index (χ1) is 10.7. The van der Waals surface area contributed by atoms with Crippen LogP contribution in [0.5, 0.6) is 0 Å². The van der Waals surface area contributed by atoms with Gasteiger partial charge in [-0.3, -0.25) is 4.79 Å². The molecule has 5 heteroatoms. The number of amides is 1. The zero-order valence-corrected chi connectivity index (χ0v) is 13.9. The van der Waals surface area contributed by atoms with Crippen LogP contribution >= 0.6 is 23.4 Å². The van der Waals surface area contributed by atoms with Crippen molar-refractivity contribution in [1.29, 1.82) is 0 Å². The van der Waals surface area contributed by atoms with Crippen LogP contribution in [0.3, 0.4) is 0 Å². The molecule has 114 valence electrons. The quantitative estimate of drug-likeness (QED) is 0.896. The summed E-state index contributed by atoms with van der Waals surface area (Å²) in [5, 5.41) is 3.41. The number of hydrogen-bond donors (Lipinski definition) is 1. The van der Waals surface area contributed by atoms with E-state index in [1.807, 2.05) is 42.1 Å². The Labute approximate surface area is 139 Å². The van der Waals surface area contributed by atoms with E-state index in [-0.39, 0.29) is 5.91 Å². The molecule has 0 unspecified atom stereocenters. The fourth-order valence-electron chi connectivity index (χ4n) is 2.50. The molecule has 2 aromatic rings. The van der Waals surface area contributed by atoms with Crippen LogP contribution in [-0.2, 0) is 0 Å². The normalized spacial score (nSPS) is 13.6. The van der Waals surface area contributed by atoms with E-state index < -0.39 is 0 Å². The zero-order chi connectivity index (χ0) is 15.5. The van der Waals surface area contributed by atoms with Crippen molar-refractivity contribution >= 4 is 40.6 Å². The molecule has 0 atom stereocenters. The van der Waals surface area contributed by atoms with Crippen molar-refractivity contribution in [2.75, 3.05) is 29.1 Å². The Morgan fingerprint density at radius 2 is 2.14 bits per heavy atom. The number of carbonyl (C=O) groups is 1. The molecule has 22 heavy (non-hydrogen) atoms. The Bertz CT molecular complexity index is 705. The van der Waals surface area contributed by atoms with Crippen molar-refractivity contribution in [3.8, 4) is 0 Å². The second kappa shape index (κ2) is 6.63. The van der Waals surface area contributed by atoms with Crippen LogP contribution in [0.15, 0.2) is 47.4 Å². The maximum atomic E-state index is 12.5. The molecule has 1 aliphatic heterocycles. The molecule has 2 aromatic carbocycles. The van der Waals surface area contributed by atoms with Gasteiger partial charge in [0.15, 0.2) is 0 Å². The lowest BCUT2D eigenvalue weighted by Gasteiger charge is -2.30. The predicted molar refractivity (Wildman–Crippen MR) is 94.5 cm³/mol. The number of carbonyl (C=O) groups excluding carboxylic acids is 1. The summed E-state index contributed by atoms with van der Waals surface area (Å²) in [5.41, 5.74) is 2.43. The maximum absolute atomic E-state index is 12.5. The molecule has 0 saturated carbocycles. The van der Waals surface area contributed by atoms with E-state index in [0.29, 0.717) is 16.3 Å². The first-order valence-electron chi connectivity index (χ1n) is 7.26. The van der Waals surface area contributed by atoms with Crippen LogP contribution in [0.2, 0.25) is 5.02 Å². The van der Waals surface area contributed by atoms with E-state index in [0.717, 1.165) is 24.5 Å². The van der Waals surface area contributed by atoms with E-state index >= 15 is 0 Å². The van der Waals surface area contributed by atoms with Crippen LogP contribution in [-0.4, -0.2) is 24.7 Å². The summed E-state index contributed by atoms with van der Waals surface area (Å²) in [5.74, 6) is 0.953. The number of para-hydroxylation sites is 1. The second-order valence-electron chi connectivity index (χ2n) is 5.04. The maximum Gasteiger partial charge on any atom is 0.255 e. The SMILES string of the molecule is CCN1CCSc2ccc(C(=O)Nc3ccccc3Cl)cc21. The van der Waals surface area contributed by atoms with E-state index in [1.54, 1.807) is 12.1 Å². The van der Waals surface area contributed by atoms with Gasteiger partial charge in [-0.2, -0.15) is 0 Å². The lowest BCUT2D eigenvalue weighted by atomic mass is 10.1. The standard InChI is InChI=1S/C17H17ClN2OS/c1-2-20-9-10-22-16-8-7-12(11-15(16)20)17(21)19-14-6-4-3-5-13(14)18/h3-8,11H,2,9-10H2,1H3,(H,19,21). The average Bonchev–Trinajstić information content (AvgIpc) is 2.55. The molecule has 0 fully saturated rings. The molecule has 0 radical (unpaired) electrons. The van der Waals surface area contributed by atoms with E-state index in [1.165, 1.54) is 4.90 Å². The molecular weight excluding hydrogens is 316 g/mol. The molecule has 0 bridgehead atoms. The Balaban J connectivity index is 1.86. The predicted octanol–water partition coefficient (Wildman–Crippen LogP) is 4.52. The lowest BCUT2D eigenvalue weighted by Crippen LogP contribution is -2.29. The third-order valence-corrected chi connectivity index (χ3v) is 5.06. The number of nitrogens with zero attached hydrogens (tertiary/aromatic N) is 1. The second-order valence-corrected chi connectivity index (χ2v) is 6.59.